The number of anilines is 3. The predicted octanol–water partition coefficient (Wildman–Crippen LogP) is 1.17. The highest BCUT2D eigenvalue weighted by atomic mass is 16.5. The van der Waals surface area contributed by atoms with E-state index in [-0.39, 0.29) is 17.9 Å². The molecule has 1 aromatic carbocycles. The number of hydrazine groups is 1. The summed E-state index contributed by atoms with van der Waals surface area (Å²) in [5, 5.41) is 12.0. The van der Waals surface area contributed by atoms with E-state index in [1.54, 1.807) is 24.3 Å². The van der Waals surface area contributed by atoms with Crippen molar-refractivity contribution in [2.24, 2.45) is 5.84 Å². The van der Waals surface area contributed by atoms with Gasteiger partial charge < -0.3 is 10.1 Å². The number of hydrogen-bond acceptors (Lipinski definition) is 8. The summed E-state index contributed by atoms with van der Waals surface area (Å²) in [5.74, 6) is 5.70. The quantitative estimate of drug-likeness (QED) is 0.547. The second-order valence-electron chi connectivity index (χ2n) is 3.62. The Hall–Kier alpha value is -2.92. The van der Waals surface area contributed by atoms with Crippen molar-refractivity contribution in [3.05, 3.63) is 29.8 Å². The van der Waals surface area contributed by atoms with Crippen LogP contribution in [0.5, 0.6) is 6.01 Å². The number of rotatable bonds is 5. The zero-order valence-electron chi connectivity index (χ0n) is 10.8. The Kier molecular flexibility index (Phi) is 4.26. The molecule has 0 amide bonds. The molecule has 1 aromatic heterocycles. The third kappa shape index (κ3) is 3.09. The van der Waals surface area contributed by atoms with Crippen LogP contribution in [-0.2, 0) is 0 Å². The smallest absolute Gasteiger partial charge is 0.323 e. The minimum atomic E-state index is 0.146. The number of nitrogens with two attached hydrogens (primary N) is 1. The first-order valence-electron chi connectivity index (χ1n) is 5.88. The lowest BCUT2D eigenvalue weighted by molar-refractivity contribution is 0.312. The van der Waals surface area contributed by atoms with Gasteiger partial charge in [0.1, 0.15) is 6.07 Å². The van der Waals surface area contributed by atoms with Crippen LogP contribution in [0.25, 0.3) is 0 Å². The van der Waals surface area contributed by atoms with Gasteiger partial charge in [-0.25, -0.2) is 5.84 Å². The van der Waals surface area contributed by atoms with E-state index < -0.39 is 0 Å². The molecule has 102 valence electrons. The zero-order valence-corrected chi connectivity index (χ0v) is 10.8. The fourth-order valence-electron chi connectivity index (χ4n) is 1.48. The Morgan fingerprint density at radius 2 is 2.00 bits per heavy atom. The van der Waals surface area contributed by atoms with Crippen molar-refractivity contribution >= 4 is 17.6 Å². The van der Waals surface area contributed by atoms with E-state index in [0.29, 0.717) is 17.9 Å². The van der Waals surface area contributed by atoms with E-state index in [1.165, 1.54) is 0 Å². The van der Waals surface area contributed by atoms with Gasteiger partial charge in [0.15, 0.2) is 0 Å². The van der Waals surface area contributed by atoms with Gasteiger partial charge in [-0.05, 0) is 19.1 Å². The first-order chi connectivity index (χ1) is 9.76. The van der Waals surface area contributed by atoms with E-state index >= 15 is 0 Å². The molecule has 2 aromatic rings. The highest BCUT2D eigenvalue weighted by molar-refractivity contribution is 5.63. The fraction of sp³-hybridized carbons (Fsp3) is 0.167. The van der Waals surface area contributed by atoms with Gasteiger partial charge in [0, 0.05) is 0 Å². The van der Waals surface area contributed by atoms with Crippen molar-refractivity contribution in [1.82, 2.24) is 15.0 Å². The van der Waals surface area contributed by atoms with Crippen LogP contribution in [0.4, 0.5) is 17.6 Å². The van der Waals surface area contributed by atoms with Crippen molar-refractivity contribution in [2.45, 2.75) is 6.92 Å². The lowest BCUT2D eigenvalue weighted by Gasteiger charge is -2.09. The first kappa shape index (κ1) is 13.5. The Balaban J connectivity index is 2.33. The molecule has 0 aliphatic heterocycles. The molecule has 0 saturated carbocycles. The average Bonchev–Trinajstić information content (AvgIpc) is 2.48. The normalized spacial score (nSPS) is 9.65. The number of nitrogens with one attached hydrogen (secondary N) is 2. The van der Waals surface area contributed by atoms with Gasteiger partial charge in [0.05, 0.1) is 17.9 Å². The lowest BCUT2D eigenvalue weighted by atomic mass is 10.2. The average molecular weight is 271 g/mol. The molecule has 0 radical (unpaired) electrons. The number of nitrogens with zero attached hydrogens (tertiary/aromatic N) is 4. The molecule has 4 N–H and O–H groups in total. The minimum Gasteiger partial charge on any atom is -0.464 e. The maximum absolute atomic E-state index is 9.04. The van der Waals surface area contributed by atoms with Crippen LogP contribution in [0.3, 0.4) is 0 Å². The molecule has 8 heteroatoms. The Morgan fingerprint density at radius 3 is 2.70 bits per heavy atom. The largest absolute Gasteiger partial charge is 0.464 e. The monoisotopic (exact) mass is 271 g/mol. The van der Waals surface area contributed by atoms with Crippen molar-refractivity contribution in [3.63, 3.8) is 0 Å². The fourth-order valence-corrected chi connectivity index (χ4v) is 1.48. The number of nitriles is 1. The molecule has 0 aliphatic carbocycles. The molecule has 0 spiro atoms. The third-order valence-electron chi connectivity index (χ3n) is 2.31. The van der Waals surface area contributed by atoms with Gasteiger partial charge in [-0.2, -0.15) is 20.2 Å². The summed E-state index contributed by atoms with van der Waals surface area (Å²) in [6.45, 7) is 2.24. The number of ether oxygens (including phenoxy) is 1. The third-order valence-corrected chi connectivity index (χ3v) is 2.31. The predicted molar refractivity (Wildman–Crippen MR) is 73.2 cm³/mol. The number of para-hydroxylation sites is 1. The Bertz CT molecular complexity index is 638. The highest BCUT2D eigenvalue weighted by Crippen LogP contribution is 2.19. The summed E-state index contributed by atoms with van der Waals surface area (Å²) in [6.07, 6.45) is 0. The molecule has 2 rings (SSSR count). The molecule has 0 saturated heterocycles. The highest BCUT2D eigenvalue weighted by Gasteiger charge is 2.08. The Morgan fingerprint density at radius 1 is 1.25 bits per heavy atom. The standard InChI is InChI=1S/C12H13N7O/c1-2-20-12-17-10(16-11(18-12)19-14)15-9-6-4-3-5-8(9)7-13/h3-6H,2,14H2,1H3,(H2,15,16,17,18,19). The van der Waals surface area contributed by atoms with E-state index in [2.05, 4.69) is 31.8 Å². The summed E-state index contributed by atoms with van der Waals surface area (Å²) in [4.78, 5) is 12.1. The van der Waals surface area contributed by atoms with E-state index in [1.807, 2.05) is 6.92 Å². The van der Waals surface area contributed by atoms with Gasteiger partial charge >= 0.3 is 6.01 Å². The minimum absolute atomic E-state index is 0.146. The molecule has 1 heterocycles. The van der Waals surface area contributed by atoms with Crippen molar-refractivity contribution in [1.29, 1.82) is 5.26 Å². The van der Waals surface area contributed by atoms with Crippen LogP contribution in [0, 0.1) is 11.3 Å². The molecule has 20 heavy (non-hydrogen) atoms. The summed E-state index contributed by atoms with van der Waals surface area (Å²) in [6, 6.07) is 9.24. The SMILES string of the molecule is CCOc1nc(NN)nc(Nc2ccccc2C#N)n1. The number of nitrogen functional groups attached to an aromatic ring is 1. The van der Waals surface area contributed by atoms with Gasteiger partial charge in [0.2, 0.25) is 11.9 Å². The molecule has 0 aliphatic rings. The molecular formula is C12H13N7O. The van der Waals surface area contributed by atoms with Crippen LogP contribution in [0.1, 0.15) is 12.5 Å². The second-order valence-corrected chi connectivity index (χ2v) is 3.62. The maximum atomic E-state index is 9.04. The molecule has 8 nitrogen and oxygen atoms in total. The topological polar surface area (TPSA) is 122 Å². The van der Waals surface area contributed by atoms with Gasteiger partial charge in [-0.3, -0.25) is 5.43 Å². The van der Waals surface area contributed by atoms with Crippen LogP contribution in [-0.4, -0.2) is 21.6 Å². The maximum Gasteiger partial charge on any atom is 0.323 e. The van der Waals surface area contributed by atoms with E-state index in [9.17, 15) is 0 Å². The van der Waals surface area contributed by atoms with Gasteiger partial charge in [-0.1, -0.05) is 12.1 Å². The first-order valence-corrected chi connectivity index (χ1v) is 5.88. The molecule has 0 bridgehead atoms. The van der Waals surface area contributed by atoms with Gasteiger partial charge in [-0.15, -0.1) is 0 Å². The van der Waals surface area contributed by atoms with Crippen LogP contribution < -0.4 is 21.3 Å². The van der Waals surface area contributed by atoms with Crippen molar-refractivity contribution in [3.8, 4) is 12.1 Å². The van der Waals surface area contributed by atoms with Gasteiger partial charge in [0.25, 0.3) is 0 Å². The number of benzene rings is 1. The summed E-state index contributed by atoms with van der Waals surface area (Å²) in [7, 11) is 0. The molecule has 0 unspecified atom stereocenters. The number of hydrogen-bond donors (Lipinski definition) is 3. The second kappa shape index (κ2) is 6.31. The molecule has 0 fully saturated rings. The zero-order chi connectivity index (χ0) is 14.4. The number of aromatic nitrogens is 3. The summed E-state index contributed by atoms with van der Waals surface area (Å²) < 4.78 is 5.22. The van der Waals surface area contributed by atoms with E-state index in [0.717, 1.165) is 0 Å². The molecule has 0 atom stereocenters. The van der Waals surface area contributed by atoms with Crippen LogP contribution >= 0.6 is 0 Å². The van der Waals surface area contributed by atoms with Crippen molar-refractivity contribution < 1.29 is 4.74 Å². The van der Waals surface area contributed by atoms with Crippen LogP contribution in [0.2, 0.25) is 0 Å². The summed E-state index contributed by atoms with van der Waals surface area (Å²) >= 11 is 0. The van der Waals surface area contributed by atoms with Crippen molar-refractivity contribution in [2.75, 3.05) is 17.3 Å². The summed E-state index contributed by atoms with van der Waals surface area (Å²) in [5.41, 5.74) is 3.40. The van der Waals surface area contributed by atoms with Crippen LogP contribution in [0.15, 0.2) is 24.3 Å². The lowest BCUT2D eigenvalue weighted by Crippen LogP contribution is -2.13. The van der Waals surface area contributed by atoms with E-state index in [4.69, 9.17) is 15.8 Å². The Labute approximate surface area is 115 Å². The molecular weight excluding hydrogens is 258 g/mol.